The fourth-order valence-electron chi connectivity index (χ4n) is 2.97. The van der Waals surface area contributed by atoms with Gasteiger partial charge in [-0.25, -0.2) is 0 Å². The second-order valence-corrected chi connectivity index (χ2v) is 6.86. The van der Waals surface area contributed by atoms with Crippen molar-refractivity contribution in [1.29, 1.82) is 0 Å². The van der Waals surface area contributed by atoms with E-state index in [1.165, 1.54) is 16.7 Å². The Balaban J connectivity index is 2.48. The Morgan fingerprint density at radius 2 is 2.00 bits per heavy atom. The molecule has 2 rings (SSSR count). The number of likely N-dealkylation sites (N-methyl/N-ethyl adjacent to an activating group) is 1. The summed E-state index contributed by atoms with van der Waals surface area (Å²) in [5.41, 5.74) is 4.12. The quantitative estimate of drug-likeness (QED) is 0.899. The number of hydrogen-bond donors (Lipinski definition) is 1. The lowest BCUT2D eigenvalue weighted by molar-refractivity contribution is 0.201. The first-order valence-corrected chi connectivity index (χ1v) is 7.44. The molecule has 3 nitrogen and oxygen atoms in total. The fourth-order valence-corrected chi connectivity index (χ4v) is 2.97. The second-order valence-electron chi connectivity index (χ2n) is 6.86. The third-order valence-electron chi connectivity index (χ3n) is 4.27. The SMILES string of the molecule is COc1cc(C)c(C2CNCCN2C)cc1C(C)(C)C. The van der Waals surface area contributed by atoms with Crippen LogP contribution in [0, 0.1) is 6.92 Å². The Kier molecular flexibility index (Phi) is 4.40. The van der Waals surface area contributed by atoms with Crippen LogP contribution in [0.2, 0.25) is 0 Å². The first-order chi connectivity index (χ1) is 9.34. The summed E-state index contributed by atoms with van der Waals surface area (Å²) < 4.78 is 5.59. The van der Waals surface area contributed by atoms with E-state index in [1.807, 2.05) is 0 Å². The van der Waals surface area contributed by atoms with E-state index >= 15 is 0 Å². The summed E-state index contributed by atoms with van der Waals surface area (Å²) in [6.45, 7) is 12.1. The maximum Gasteiger partial charge on any atom is 0.122 e. The number of nitrogens with zero attached hydrogens (tertiary/aromatic N) is 1. The molecule has 20 heavy (non-hydrogen) atoms. The molecule has 0 aromatic heterocycles. The van der Waals surface area contributed by atoms with Crippen LogP contribution in [0.3, 0.4) is 0 Å². The van der Waals surface area contributed by atoms with E-state index in [4.69, 9.17) is 4.74 Å². The number of aryl methyl sites for hydroxylation is 1. The third-order valence-corrected chi connectivity index (χ3v) is 4.27. The molecule has 1 aromatic rings. The molecule has 1 fully saturated rings. The molecule has 0 bridgehead atoms. The van der Waals surface area contributed by atoms with Crippen LogP contribution in [0.1, 0.15) is 43.5 Å². The van der Waals surface area contributed by atoms with E-state index in [-0.39, 0.29) is 5.41 Å². The highest BCUT2D eigenvalue weighted by molar-refractivity contribution is 5.47. The average molecular weight is 276 g/mol. The summed E-state index contributed by atoms with van der Waals surface area (Å²) in [5.74, 6) is 1.00. The number of ether oxygens (including phenoxy) is 1. The zero-order valence-electron chi connectivity index (χ0n) is 13.7. The van der Waals surface area contributed by atoms with Gasteiger partial charge < -0.3 is 10.1 Å². The van der Waals surface area contributed by atoms with Gasteiger partial charge >= 0.3 is 0 Å². The Hall–Kier alpha value is -1.06. The van der Waals surface area contributed by atoms with Gasteiger partial charge in [0, 0.05) is 25.7 Å². The molecule has 0 radical (unpaired) electrons. The standard InChI is InChI=1S/C17H28N2O/c1-12-9-16(20-6)14(17(2,3)4)10-13(12)15-11-18-7-8-19(15)5/h9-10,15,18H,7-8,11H2,1-6H3. The van der Waals surface area contributed by atoms with Gasteiger partial charge in [0.05, 0.1) is 7.11 Å². The maximum atomic E-state index is 5.59. The molecule has 1 N–H and O–H groups in total. The lowest BCUT2D eigenvalue weighted by Crippen LogP contribution is -2.44. The van der Waals surface area contributed by atoms with Crippen LogP contribution < -0.4 is 10.1 Å². The van der Waals surface area contributed by atoms with Crippen molar-refractivity contribution in [2.24, 2.45) is 0 Å². The van der Waals surface area contributed by atoms with Gasteiger partial charge in [0.2, 0.25) is 0 Å². The van der Waals surface area contributed by atoms with Crippen LogP contribution in [-0.4, -0.2) is 38.7 Å². The van der Waals surface area contributed by atoms with Crippen molar-refractivity contribution in [2.45, 2.75) is 39.2 Å². The summed E-state index contributed by atoms with van der Waals surface area (Å²) in [6, 6.07) is 5.00. The maximum absolute atomic E-state index is 5.59. The van der Waals surface area contributed by atoms with Gasteiger partial charge in [0.25, 0.3) is 0 Å². The number of hydrogen-bond acceptors (Lipinski definition) is 3. The summed E-state index contributed by atoms with van der Waals surface area (Å²) in [4.78, 5) is 2.44. The van der Waals surface area contributed by atoms with Gasteiger partial charge in [-0.2, -0.15) is 0 Å². The van der Waals surface area contributed by atoms with Gasteiger partial charge in [0.1, 0.15) is 5.75 Å². The molecule has 1 aliphatic heterocycles. The first kappa shape index (κ1) is 15.3. The minimum atomic E-state index is 0.0917. The van der Waals surface area contributed by atoms with E-state index < -0.39 is 0 Å². The largest absolute Gasteiger partial charge is 0.496 e. The number of rotatable bonds is 2. The summed E-state index contributed by atoms with van der Waals surface area (Å²) >= 11 is 0. The molecule has 0 aliphatic carbocycles. The minimum Gasteiger partial charge on any atom is -0.496 e. The molecule has 1 aromatic carbocycles. The molecule has 0 saturated carbocycles. The molecule has 1 atom stereocenters. The van der Waals surface area contributed by atoms with E-state index in [9.17, 15) is 0 Å². The predicted molar refractivity (Wildman–Crippen MR) is 84.7 cm³/mol. The zero-order chi connectivity index (χ0) is 14.9. The molecule has 1 unspecified atom stereocenters. The van der Waals surface area contributed by atoms with Crippen molar-refractivity contribution in [2.75, 3.05) is 33.8 Å². The number of nitrogens with one attached hydrogen (secondary N) is 1. The molecular formula is C17H28N2O. The summed E-state index contributed by atoms with van der Waals surface area (Å²) in [6.07, 6.45) is 0. The molecule has 1 aliphatic rings. The van der Waals surface area contributed by atoms with E-state index in [0.717, 1.165) is 25.4 Å². The van der Waals surface area contributed by atoms with E-state index in [0.29, 0.717) is 6.04 Å². The molecule has 1 saturated heterocycles. The summed E-state index contributed by atoms with van der Waals surface area (Å²) in [5, 5.41) is 3.50. The molecular weight excluding hydrogens is 248 g/mol. The Morgan fingerprint density at radius 3 is 2.55 bits per heavy atom. The van der Waals surface area contributed by atoms with Crippen LogP contribution in [0.15, 0.2) is 12.1 Å². The lowest BCUT2D eigenvalue weighted by Gasteiger charge is -2.35. The molecule has 0 amide bonds. The molecule has 0 spiro atoms. The molecule has 1 heterocycles. The third kappa shape index (κ3) is 2.99. The van der Waals surface area contributed by atoms with Crippen LogP contribution in [0.5, 0.6) is 5.75 Å². The van der Waals surface area contributed by atoms with E-state index in [1.54, 1.807) is 7.11 Å². The molecule has 112 valence electrons. The molecule has 3 heteroatoms. The second kappa shape index (κ2) is 5.74. The highest BCUT2D eigenvalue weighted by Crippen LogP contribution is 2.36. The number of benzene rings is 1. The Morgan fingerprint density at radius 1 is 1.30 bits per heavy atom. The van der Waals surface area contributed by atoms with Gasteiger partial charge in [-0.15, -0.1) is 0 Å². The number of piperazine rings is 1. The van der Waals surface area contributed by atoms with Crippen molar-refractivity contribution in [3.63, 3.8) is 0 Å². The smallest absolute Gasteiger partial charge is 0.122 e. The van der Waals surface area contributed by atoms with Crippen molar-refractivity contribution in [1.82, 2.24) is 10.2 Å². The lowest BCUT2D eigenvalue weighted by atomic mass is 9.83. The van der Waals surface area contributed by atoms with Crippen molar-refractivity contribution in [3.8, 4) is 5.75 Å². The number of methoxy groups -OCH3 is 1. The topological polar surface area (TPSA) is 24.5 Å². The van der Waals surface area contributed by atoms with Crippen LogP contribution in [0.4, 0.5) is 0 Å². The van der Waals surface area contributed by atoms with Crippen molar-refractivity contribution >= 4 is 0 Å². The van der Waals surface area contributed by atoms with Crippen molar-refractivity contribution in [3.05, 3.63) is 28.8 Å². The fraction of sp³-hybridized carbons (Fsp3) is 0.647. The average Bonchev–Trinajstić information content (AvgIpc) is 2.38. The summed E-state index contributed by atoms with van der Waals surface area (Å²) in [7, 11) is 3.98. The Bertz CT molecular complexity index is 477. The zero-order valence-corrected chi connectivity index (χ0v) is 13.7. The minimum absolute atomic E-state index is 0.0917. The monoisotopic (exact) mass is 276 g/mol. The van der Waals surface area contributed by atoms with Gasteiger partial charge in [-0.3, -0.25) is 4.90 Å². The predicted octanol–water partition coefficient (Wildman–Crippen LogP) is 2.88. The van der Waals surface area contributed by atoms with Crippen LogP contribution in [0.25, 0.3) is 0 Å². The van der Waals surface area contributed by atoms with Crippen molar-refractivity contribution < 1.29 is 4.74 Å². The highest BCUT2D eigenvalue weighted by Gasteiger charge is 2.26. The normalized spacial score (nSPS) is 21.0. The van der Waals surface area contributed by atoms with Gasteiger partial charge in [-0.05, 0) is 48.2 Å². The van der Waals surface area contributed by atoms with Crippen LogP contribution in [-0.2, 0) is 5.41 Å². The van der Waals surface area contributed by atoms with Gasteiger partial charge in [0.15, 0.2) is 0 Å². The Labute approximate surface area is 123 Å². The first-order valence-electron chi connectivity index (χ1n) is 7.44. The van der Waals surface area contributed by atoms with E-state index in [2.05, 4.69) is 57.1 Å². The van der Waals surface area contributed by atoms with Gasteiger partial charge in [-0.1, -0.05) is 20.8 Å². The highest BCUT2D eigenvalue weighted by atomic mass is 16.5. The van der Waals surface area contributed by atoms with Crippen LogP contribution >= 0.6 is 0 Å².